The fourth-order valence-corrected chi connectivity index (χ4v) is 2.95. The Labute approximate surface area is 121 Å². The second-order valence-corrected chi connectivity index (χ2v) is 7.31. The lowest BCUT2D eigenvalue weighted by Crippen LogP contribution is -2.41. The Balaban J connectivity index is 1.67. The predicted octanol–water partition coefficient (Wildman–Crippen LogP) is 3.10. The summed E-state index contributed by atoms with van der Waals surface area (Å²) in [5, 5.41) is 0. The van der Waals surface area contributed by atoms with Crippen molar-refractivity contribution >= 4 is 7.12 Å². The van der Waals surface area contributed by atoms with E-state index in [1.54, 1.807) is 0 Å². The van der Waals surface area contributed by atoms with E-state index in [2.05, 4.69) is 4.90 Å². The van der Waals surface area contributed by atoms with Crippen molar-refractivity contribution in [2.75, 3.05) is 13.1 Å². The van der Waals surface area contributed by atoms with Gasteiger partial charge < -0.3 is 9.31 Å². The van der Waals surface area contributed by atoms with E-state index in [0.29, 0.717) is 0 Å². The molecule has 0 aromatic rings. The average molecular weight is 281 g/mol. The Kier molecular flexibility index (Phi) is 3.51. The summed E-state index contributed by atoms with van der Waals surface area (Å²) in [5.74, 6) is 0. The van der Waals surface area contributed by atoms with Gasteiger partial charge in [0.15, 0.2) is 0 Å². The Hall–Kier alpha value is -0.385. The smallest absolute Gasteiger partial charge is 0.398 e. The van der Waals surface area contributed by atoms with Crippen molar-refractivity contribution < 1.29 is 13.7 Å². The minimum Gasteiger partial charge on any atom is -0.398 e. The number of hydrogen-bond acceptors (Lipinski definition) is 3. The summed E-state index contributed by atoms with van der Waals surface area (Å²) in [7, 11) is -0.817. The van der Waals surface area contributed by atoms with Gasteiger partial charge in [-0.3, -0.25) is 4.90 Å². The summed E-state index contributed by atoms with van der Waals surface area (Å²) in [6.07, 6.45) is 4.26. The van der Waals surface area contributed by atoms with Crippen molar-refractivity contribution in [1.29, 1.82) is 0 Å². The van der Waals surface area contributed by atoms with E-state index in [9.17, 15) is 4.39 Å². The van der Waals surface area contributed by atoms with Gasteiger partial charge in [0.25, 0.3) is 0 Å². The molecule has 3 rings (SSSR count). The van der Waals surface area contributed by atoms with Crippen LogP contribution in [0.25, 0.3) is 0 Å². The molecule has 3 nitrogen and oxygen atoms in total. The van der Waals surface area contributed by atoms with E-state index >= 15 is 0 Å². The van der Waals surface area contributed by atoms with Crippen molar-refractivity contribution in [1.82, 2.24) is 4.90 Å². The van der Waals surface area contributed by atoms with Crippen LogP contribution in [0.15, 0.2) is 11.3 Å². The molecular weight excluding hydrogens is 256 g/mol. The molecule has 3 fully saturated rings. The van der Waals surface area contributed by atoms with Crippen molar-refractivity contribution in [3.05, 3.63) is 11.3 Å². The molecule has 0 unspecified atom stereocenters. The van der Waals surface area contributed by atoms with Crippen molar-refractivity contribution in [3.63, 3.8) is 0 Å². The lowest BCUT2D eigenvalue weighted by Gasteiger charge is -2.32. The molecule has 0 aromatic heterocycles. The van der Waals surface area contributed by atoms with Crippen LogP contribution in [0.4, 0.5) is 4.39 Å². The third-order valence-corrected chi connectivity index (χ3v) is 5.26. The van der Waals surface area contributed by atoms with E-state index in [1.807, 2.05) is 27.7 Å². The topological polar surface area (TPSA) is 21.7 Å². The summed E-state index contributed by atoms with van der Waals surface area (Å²) < 4.78 is 26.2. The molecule has 2 aliphatic heterocycles. The summed E-state index contributed by atoms with van der Waals surface area (Å²) in [6, 6.07) is 0.774. The SMILES string of the molecule is CC1(C)OB(C(F)=C2CCN(C3CC3)CC2)OC1(C)C. The highest BCUT2D eigenvalue weighted by Gasteiger charge is 2.53. The highest BCUT2D eigenvalue weighted by molar-refractivity contribution is 6.53. The fourth-order valence-electron chi connectivity index (χ4n) is 2.95. The zero-order valence-electron chi connectivity index (χ0n) is 13.0. The van der Waals surface area contributed by atoms with Gasteiger partial charge in [-0.05, 0) is 59.0 Å². The normalized spacial score (nSPS) is 29.9. The molecule has 20 heavy (non-hydrogen) atoms. The highest BCUT2D eigenvalue weighted by atomic mass is 19.1. The average Bonchev–Trinajstić information content (AvgIpc) is 3.17. The van der Waals surface area contributed by atoms with Crippen LogP contribution < -0.4 is 0 Å². The maximum atomic E-state index is 14.6. The van der Waals surface area contributed by atoms with Gasteiger partial charge in [-0.2, -0.15) is 0 Å². The second-order valence-electron chi connectivity index (χ2n) is 7.31. The second kappa shape index (κ2) is 4.82. The summed E-state index contributed by atoms with van der Waals surface area (Å²) in [4.78, 5) is 2.49. The molecule has 112 valence electrons. The molecule has 0 aromatic carbocycles. The molecule has 2 heterocycles. The van der Waals surface area contributed by atoms with Gasteiger partial charge in [-0.25, -0.2) is 4.39 Å². The molecule has 0 bridgehead atoms. The lowest BCUT2D eigenvalue weighted by atomic mass is 9.82. The molecule has 1 saturated carbocycles. The van der Waals surface area contributed by atoms with Gasteiger partial charge in [0.05, 0.1) is 11.2 Å². The van der Waals surface area contributed by atoms with E-state index in [1.165, 1.54) is 12.8 Å². The fraction of sp³-hybridized carbons (Fsp3) is 0.867. The van der Waals surface area contributed by atoms with Crippen LogP contribution in [-0.2, 0) is 9.31 Å². The Morgan fingerprint density at radius 2 is 1.60 bits per heavy atom. The third-order valence-electron chi connectivity index (χ3n) is 5.26. The van der Waals surface area contributed by atoms with Crippen LogP contribution in [0.5, 0.6) is 0 Å². The van der Waals surface area contributed by atoms with E-state index < -0.39 is 18.3 Å². The number of rotatable bonds is 2. The third kappa shape index (κ3) is 2.56. The molecule has 0 N–H and O–H groups in total. The minimum atomic E-state index is -0.817. The van der Waals surface area contributed by atoms with Gasteiger partial charge >= 0.3 is 7.12 Å². The number of likely N-dealkylation sites (tertiary alicyclic amines) is 1. The lowest BCUT2D eigenvalue weighted by molar-refractivity contribution is 0.00578. The number of nitrogens with zero attached hydrogens (tertiary/aromatic N) is 1. The predicted molar refractivity (Wildman–Crippen MR) is 78.0 cm³/mol. The zero-order chi connectivity index (χ0) is 14.5. The monoisotopic (exact) mass is 281 g/mol. The maximum absolute atomic E-state index is 14.6. The molecule has 5 heteroatoms. The van der Waals surface area contributed by atoms with Gasteiger partial charge in [-0.1, -0.05) is 0 Å². The molecule has 2 saturated heterocycles. The van der Waals surface area contributed by atoms with Crippen molar-refractivity contribution in [2.24, 2.45) is 0 Å². The van der Waals surface area contributed by atoms with Gasteiger partial charge in [-0.15, -0.1) is 0 Å². The number of hydrogen-bond donors (Lipinski definition) is 0. The zero-order valence-corrected chi connectivity index (χ0v) is 13.0. The molecule has 0 amide bonds. The van der Waals surface area contributed by atoms with E-state index in [0.717, 1.165) is 37.5 Å². The van der Waals surface area contributed by atoms with Crippen LogP contribution in [0, 0.1) is 0 Å². The largest absolute Gasteiger partial charge is 0.525 e. The van der Waals surface area contributed by atoms with Crippen LogP contribution in [-0.4, -0.2) is 42.4 Å². The number of piperidine rings is 1. The first-order valence-corrected chi connectivity index (χ1v) is 7.77. The van der Waals surface area contributed by atoms with E-state index in [4.69, 9.17) is 9.31 Å². The Bertz CT molecular complexity index is 406. The van der Waals surface area contributed by atoms with Crippen LogP contribution in [0.1, 0.15) is 53.4 Å². The molecule has 0 atom stereocenters. The Morgan fingerprint density at radius 3 is 2.05 bits per heavy atom. The van der Waals surface area contributed by atoms with Crippen molar-refractivity contribution in [3.8, 4) is 0 Å². The van der Waals surface area contributed by atoms with Gasteiger partial charge in [0, 0.05) is 19.1 Å². The van der Waals surface area contributed by atoms with Crippen LogP contribution in [0.3, 0.4) is 0 Å². The standard InChI is InChI=1S/C15H25BFNO2/c1-14(2)15(3,4)20-16(19-14)13(17)11-7-9-18(10-8-11)12-5-6-12/h12H,5-10H2,1-4H3. The van der Waals surface area contributed by atoms with Crippen LogP contribution >= 0.6 is 0 Å². The molecular formula is C15H25BFNO2. The number of halogens is 1. The first-order valence-electron chi connectivity index (χ1n) is 7.77. The molecule has 3 aliphatic rings. The van der Waals surface area contributed by atoms with Crippen LogP contribution in [0.2, 0.25) is 0 Å². The van der Waals surface area contributed by atoms with Gasteiger partial charge in [0.2, 0.25) is 0 Å². The van der Waals surface area contributed by atoms with E-state index in [-0.39, 0.29) is 5.73 Å². The summed E-state index contributed by atoms with van der Waals surface area (Å²) in [5.41, 5.74) is -0.228. The summed E-state index contributed by atoms with van der Waals surface area (Å²) in [6.45, 7) is 9.79. The Morgan fingerprint density at radius 1 is 1.10 bits per heavy atom. The van der Waals surface area contributed by atoms with Crippen molar-refractivity contribution in [2.45, 2.75) is 70.6 Å². The van der Waals surface area contributed by atoms with Gasteiger partial charge in [0.1, 0.15) is 5.73 Å². The molecule has 0 radical (unpaired) electrons. The highest BCUT2D eigenvalue weighted by Crippen LogP contribution is 2.40. The molecule has 0 spiro atoms. The minimum absolute atomic E-state index is 0.181. The quantitative estimate of drug-likeness (QED) is 0.726. The molecule has 1 aliphatic carbocycles. The maximum Gasteiger partial charge on any atom is 0.525 e. The summed E-state index contributed by atoms with van der Waals surface area (Å²) >= 11 is 0. The first-order chi connectivity index (χ1) is 9.30. The first kappa shape index (κ1) is 14.5.